The highest BCUT2D eigenvalue weighted by atomic mass is 19.1. The Bertz CT molecular complexity index is 392. The summed E-state index contributed by atoms with van der Waals surface area (Å²) in [5.41, 5.74) is 6.07. The summed E-state index contributed by atoms with van der Waals surface area (Å²) in [5, 5.41) is 3.18. The quantitative estimate of drug-likeness (QED) is 0.812. The number of halogens is 1. The molecule has 100 valence electrons. The van der Waals surface area contributed by atoms with Gasteiger partial charge < -0.3 is 5.73 Å². The van der Waals surface area contributed by atoms with E-state index < -0.39 is 6.04 Å². The summed E-state index contributed by atoms with van der Waals surface area (Å²) < 4.78 is 12.8. The van der Waals surface area contributed by atoms with Crippen molar-refractivity contribution in [1.29, 1.82) is 0 Å². The van der Waals surface area contributed by atoms with Gasteiger partial charge in [-0.25, -0.2) is 4.39 Å². The van der Waals surface area contributed by atoms with E-state index in [9.17, 15) is 9.18 Å². The summed E-state index contributed by atoms with van der Waals surface area (Å²) in [6, 6.07) is 2.46. The van der Waals surface area contributed by atoms with Crippen molar-refractivity contribution in [3.05, 3.63) is 29.8 Å². The standard InChI is InChI=1S/C13H20FN3O/c1-4-10(11-6-5-9(14)7-16-11)17-12(8(2)3)13(15)18/h5-8,10,12,17H,4H2,1-3H3,(H2,15,18). The molecule has 1 heterocycles. The van der Waals surface area contributed by atoms with E-state index in [1.165, 1.54) is 12.3 Å². The number of hydrogen-bond donors (Lipinski definition) is 2. The smallest absolute Gasteiger partial charge is 0.234 e. The maximum atomic E-state index is 12.8. The molecule has 0 aromatic carbocycles. The molecule has 0 aliphatic carbocycles. The second-order valence-corrected chi connectivity index (χ2v) is 4.65. The van der Waals surface area contributed by atoms with Crippen molar-refractivity contribution < 1.29 is 9.18 Å². The molecule has 2 unspecified atom stereocenters. The normalized spacial score (nSPS) is 14.5. The fourth-order valence-electron chi connectivity index (χ4n) is 1.83. The summed E-state index contributed by atoms with van der Waals surface area (Å²) >= 11 is 0. The number of pyridine rings is 1. The molecule has 1 amide bonds. The molecule has 0 spiro atoms. The van der Waals surface area contributed by atoms with E-state index in [1.807, 2.05) is 20.8 Å². The van der Waals surface area contributed by atoms with Gasteiger partial charge in [-0.15, -0.1) is 0 Å². The number of carbonyl (C=O) groups is 1. The highest BCUT2D eigenvalue weighted by molar-refractivity contribution is 5.80. The van der Waals surface area contributed by atoms with Crippen LogP contribution < -0.4 is 11.1 Å². The van der Waals surface area contributed by atoms with Gasteiger partial charge in [0.15, 0.2) is 0 Å². The third-order valence-corrected chi connectivity index (χ3v) is 2.87. The SMILES string of the molecule is CCC(NC(C(N)=O)C(C)C)c1ccc(F)cn1. The first-order chi connectivity index (χ1) is 8.45. The van der Waals surface area contributed by atoms with Crippen LogP contribution in [0.3, 0.4) is 0 Å². The molecule has 0 saturated heterocycles. The summed E-state index contributed by atoms with van der Waals surface area (Å²) in [6.07, 6.45) is 1.92. The van der Waals surface area contributed by atoms with Crippen molar-refractivity contribution in [3.63, 3.8) is 0 Å². The molecule has 0 bridgehead atoms. The first kappa shape index (κ1) is 14.6. The molecule has 0 radical (unpaired) electrons. The number of hydrogen-bond acceptors (Lipinski definition) is 3. The number of carbonyl (C=O) groups excluding carboxylic acids is 1. The number of nitrogens with two attached hydrogens (primary N) is 1. The Kier molecular flexibility index (Phi) is 5.22. The summed E-state index contributed by atoms with van der Waals surface area (Å²) in [4.78, 5) is 15.4. The second-order valence-electron chi connectivity index (χ2n) is 4.65. The van der Waals surface area contributed by atoms with Crippen molar-refractivity contribution in [1.82, 2.24) is 10.3 Å². The summed E-state index contributed by atoms with van der Waals surface area (Å²) in [6.45, 7) is 5.82. The first-order valence-electron chi connectivity index (χ1n) is 6.12. The third kappa shape index (κ3) is 3.77. The molecule has 0 aliphatic heterocycles. The van der Waals surface area contributed by atoms with Gasteiger partial charge in [0, 0.05) is 6.04 Å². The summed E-state index contributed by atoms with van der Waals surface area (Å²) in [5.74, 6) is -0.661. The predicted octanol–water partition coefficient (Wildman–Crippen LogP) is 1.77. The minimum atomic E-state index is -0.415. The fourth-order valence-corrected chi connectivity index (χ4v) is 1.83. The lowest BCUT2D eigenvalue weighted by molar-refractivity contribution is -0.121. The van der Waals surface area contributed by atoms with Gasteiger partial charge in [0.25, 0.3) is 0 Å². The number of rotatable bonds is 6. The zero-order valence-electron chi connectivity index (χ0n) is 11.0. The number of nitrogens with zero attached hydrogens (tertiary/aromatic N) is 1. The molecular weight excluding hydrogens is 233 g/mol. The van der Waals surface area contributed by atoms with Crippen LogP contribution >= 0.6 is 0 Å². The van der Waals surface area contributed by atoms with Crippen LogP contribution in [0, 0.1) is 11.7 Å². The van der Waals surface area contributed by atoms with Crippen LogP contribution in [0.15, 0.2) is 18.3 Å². The molecule has 2 atom stereocenters. The zero-order valence-corrected chi connectivity index (χ0v) is 11.0. The van der Waals surface area contributed by atoms with Gasteiger partial charge in [-0.1, -0.05) is 20.8 Å². The molecule has 0 saturated carbocycles. The van der Waals surface area contributed by atoms with Crippen molar-refractivity contribution in [2.45, 2.75) is 39.3 Å². The Morgan fingerprint density at radius 1 is 1.50 bits per heavy atom. The van der Waals surface area contributed by atoms with Crippen molar-refractivity contribution in [2.75, 3.05) is 0 Å². The Hall–Kier alpha value is -1.49. The Morgan fingerprint density at radius 3 is 2.56 bits per heavy atom. The molecule has 1 aromatic heterocycles. The van der Waals surface area contributed by atoms with Gasteiger partial charge in [-0.2, -0.15) is 0 Å². The van der Waals surface area contributed by atoms with Crippen LogP contribution in [0.25, 0.3) is 0 Å². The minimum Gasteiger partial charge on any atom is -0.368 e. The lowest BCUT2D eigenvalue weighted by Crippen LogP contribution is -2.46. The average Bonchev–Trinajstić information content (AvgIpc) is 2.31. The molecule has 0 aliphatic rings. The maximum Gasteiger partial charge on any atom is 0.234 e. The lowest BCUT2D eigenvalue weighted by Gasteiger charge is -2.25. The largest absolute Gasteiger partial charge is 0.368 e. The number of primary amides is 1. The first-order valence-corrected chi connectivity index (χ1v) is 6.12. The molecule has 1 rings (SSSR count). The molecule has 3 N–H and O–H groups in total. The molecule has 4 nitrogen and oxygen atoms in total. The molecule has 0 fully saturated rings. The van der Waals surface area contributed by atoms with Gasteiger partial charge in [0.1, 0.15) is 5.82 Å². The molecule has 1 aromatic rings. The topological polar surface area (TPSA) is 68.0 Å². The number of nitrogens with one attached hydrogen (secondary N) is 1. The molecular formula is C13H20FN3O. The highest BCUT2D eigenvalue weighted by Crippen LogP contribution is 2.17. The predicted molar refractivity (Wildman–Crippen MR) is 68.2 cm³/mol. The summed E-state index contributed by atoms with van der Waals surface area (Å²) in [7, 11) is 0. The van der Waals surface area contributed by atoms with E-state index in [1.54, 1.807) is 6.07 Å². The lowest BCUT2D eigenvalue weighted by atomic mass is 10.0. The van der Waals surface area contributed by atoms with E-state index in [0.29, 0.717) is 5.69 Å². The second kappa shape index (κ2) is 6.44. The van der Waals surface area contributed by atoms with Crippen LogP contribution in [0.4, 0.5) is 4.39 Å². The molecule has 5 heteroatoms. The van der Waals surface area contributed by atoms with Gasteiger partial charge >= 0.3 is 0 Å². The number of aromatic nitrogens is 1. The third-order valence-electron chi connectivity index (χ3n) is 2.87. The maximum absolute atomic E-state index is 12.8. The number of amides is 1. The van der Waals surface area contributed by atoms with E-state index >= 15 is 0 Å². The Morgan fingerprint density at radius 2 is 2.17 bits per heavy atom. The van der Waals surface area contributed by atoms with Crippen LogP contribution in [0.5, 0.6) is 0 Å². The van der Waals surface area contributed by atoms with E-state index in [-0.39, 0.29) is 23.7 Å². The van der Waals surface area contributed by atoms with Crippen LogP contribution in [-0.2, 0) is 4.79 Å². The zero-order chi connectivity index (χ0) is 13.7. The van der Waals surface area contributed by atoms with Crippen LogP contribution in [-0.4, -0.2) is 16.9 Å². The van der Waals surface area contributed by atoms with Gasteiger partial charge in [0.2, 0.25) is 5.91 Å². The van der Waals surface area contributed by atoms with E-state index in [0.717, 1.165) is 6.42 Å². The van der Waals surface area contributed by atoms with E-state index in [2.05, 4.69) is 10.3 Å². The van der Waals surface area contributed by atoms with Gasteiger partial charge in [-0.05, 0) is 24.5 Å². The van der Waals surface area contributed by atoms with Crippen molar-refractivity contribution in [3.8, 4) is 0 Å². The highest BCUT2D eigenvalue weighted by Gasteiger charge is 2.23. The Balaban J connectivity index is 2.83. The minimum absolute atomic E-state index is 0.0944. The van der Waals surface area contributed by atoms with Gasteiger partial charge in [-0.3, -0.25) is 15.1 Å². The molecule has 18 heavy (non-hydrogen) atoms. The fraction of sp³-hybridized carbons (Fsp3) is 0.538. The van der Waals surface area contributed by atoms with Crippen molar-refractivity contribution >= 4 is 5.91 Å². The van der Waals surface area contributed by atoms with Crippen molar-refractivity contribution in [2.24, 2.45) is 11.7 Å². The monoisotopic (exact) mass is 253 g/mol. The average molecular weight is 253 g/mol. The van der Waals surface area contributed by atoms with Crippen LogP contribution in [0.2, 0.25) is 0 Å². The van der Waals surface area contributed by atoms with E-state index in [4.69, 9.17) is 5.73 Å². The van der Waals surface area contributed by atoms with Gasteiger partial charge in [0.05, 0.1) is 17.9 Å². The Labute approximate surface area is 107 Å². The van der Waals surface area contributed by atoms with Crippen LogP contribution in [0.1, 0.15) is 38.9 Å².